The lowest BCUT2D eigenvalue weighted by Crippen LogP contribution is -2.60. The first-order chi connectivity index (χ1) is 10.0. The number of amides is 2. The van der Waals surface area contributed by atoms with E-state index in [1.54, 1.807) is 23.1 Å². The van der Waals surface area contributed by atoms with Crippen molar-refractivity contribution in [3.63, 3.8) is 0 Å². The van der Waals surface area contributed by atoms with Crippen molar-refractivity contribution in [1.29, 1.82) is 0 Å². The highest BCUT2D eigenvalue weighted by atomic mass is 35.5. The highest BCUT2D eigenvalue weighted by Gasteiger charge is 2.50. The minimum atomic E-state index is -0.679. The maximum absolute atomic E-state index is 12.8. The first-order valence-electron chi connectivity index (χ1n) is 7.10. The van der Waals surface area contributed by atoms with Gasteiger partial charge in [-0.1, -0.05) is 23.2 Å². The number of carbonyl (C=O) groups excluding carboxylic acids is 2. The highest BCUT2D eigenvalue weighted by Crippen LogP contribution is 2.37. The topological polar surface area (TPSA) is 49.4 Å². The molecule has 4 nitrogen and oxygen atoms in total. The van der Waals surface area contributed by atoms with Crippen molar-refractivity contribution in [2.45, 2.75) is 31.2 Å². The van der Waals surface area contributed by atoms with Gasteiger partial charge in [-0.05, 0) is 43.9 Å². The predicted molar refractivity (Wildman–Crippen MR) is 81.7 cm³/mol. The van der Waals surface area contributed by atoms with E-state index in [4.69, 9.17) is 23.2 Å². The van der Waals surface area contributed by atoms with Crippen LogP contribution in [0.5, 0.6) is 0 Å². The van der Waals surface area contributed by atoms with Crippen molar-refractivity contribution in [2.24, 2.45) is 0 Å². The number of likely N-dealkylation sites (tertiary alicyclic amines) is 1. The number of rotatable bonds is 1. The lowest BCUT2D eigenvalue weighted by molar-refractivity contribution is -0.133. The van der Waals surface area contributed by atoms with Crippen LogP contribution in [-0.4, -0.2) is 35.3 Å². The van der Waals surface area contributed by atoms with Crippen molar-refractivity contribution in [3.8, 4) is 0 Å². The molecule has 1 aromatic carbocycles. The second-order valence-electron chi connectivity index (χ2n) is 5.58. The molecule has 1 atom stereocenters. The standard InChI is InChI=1S/C15H16Cl2N2O2/c16-11-4-3-10(9-12(11)17)13(20)19-8-2-6-15(19)5-1-7-18-14(15)21/h3-4,9H,1-2,5-8H2,(H,18,21). The Bertz CT molecular complexity index is 605. The number of hydrogen-bond acceptors (Lipinski definition) is 2. The SMILES string of the molecule is O=C(c1ccc(Cl)c(Cl)c1)N1CCCC12CCCNC2=O. The quantitative estimate of drug-likeness (QED) is 0.862. The summed E-state index contributed by atoms with van der Waals surface area (Å²) in [5.41, 5.74) is -0.203. The molecule has 1 aromatic rings. The Morgan fingerprint density at radius 3 is 2.67 bits per heavy atom. The molecule has 2 aliphatic heterocycles. The number of piperidine rings is 1. The molecule has 6 heteroatoms. The fraction of sp³-hybridized carbons (Fsp3) is 0.467. The summed E-state index contributed by atoms with van der Waals surface area (Å²) in [6.07, 6.45) is 3.20. The van der Waals surface area contributed by atoms with Gasteiger partial charge in [-0.15, -0.1) is 0 Å². The van der Waals surface area contributed by atoms with Gasteiger partial charge in [-0.3, -0.25) is 9.59 Å². The molecule has 3 rings (SSSR count). The van der Waals surface area contributed by atoms with Crippen LogP contribution in [-0.2, 0) is 4.79 Å². The van der Waals surface area contributed by atoms with Crippen molar-refractivity contribution in [2.75, 3.05) is 13.1 Å². The largest absolute Gasteiger partial charge is 0.354 e. The first kappa shape index (κ1) is 14.7. The van der Waals surface area contributed by atoms with E-state index in [0.717, 1.165) is 25.7 Å². The van der Waals surface area contributed by atoms with Gasteiger partial charge in [-0.25, -0.2) is 0 Å². The van der Waals surface area contributed by atoms with Gasteiger partial charge in [0.2, 0.25) is 5.91 Å². The van der Waals surface area contributed by atoms with Crippen LogP contribution in [0.3, 0.4) is 0 Å². The Morgan fingerprint density at radius 2 is 1.95 bits per heavy atom. The van der Waals surface area contributed by atoms with Crippen LogP contribution in [0.15, 0.2) is 18.2 Å². The third-order valence-corrected chi connectivity index (χ3v) is 5.11. The molecule has 0 bridgehead atoms. The van der Waals surface area contributed by atoms with E-state index in [9.17, 15) is 9.59 Å². The van der Waals surface area contributed by atoms with Crippen LogP contribution >= 0.6 is 23.2 Å². The average Bonchev–Trinajstić information content (AvgIpc) is 2.89. The zero-order chi connectivity index (χ0) is 15.0. The van der Waals surface area contributed by atoms with Gasteiger partial charge in [0.15, 0.2) is 0 Å². The van der Waals surface area contributed by atoms with E-state index < -0.39 is 5.54 Å². The molecule has 0 radical (unpaired) electrons. The molecule has 0 saturated carbocycles. The lowest BCUT2D eigenvalue weighted by Gasteiger charge is -2.40. The Kier molecular flexibility index (Phi) is 3.84. The van der Waals surface area contributed by atoms with Crippen molar-refractivity contribution in [3.05, 3.63) is 33.8 Å². The van der Waals surface area contributed by atoms with Gasteiger partial charge in [0.1, 0.15) is 5.54 Å². The fourth-order valence-corrected chi connectivity index (χ4v) is 3.61. The van der Waals surface area contributed by atoms with Gasteiger partial charge in [0.25, 0.3) is 5.91 Å². The van der Waals surface area contributed by atoms with E-state index in [0.29, 0.717) is 28.7 Å². The van der Waals surface area contributed by atoms with Crippen LogP contribution in [0.25, 0.3) is 0 Å². The number of benzene rings is 1. The second-order valence-corrected chi connectivity index (χ2v) is 6.39. The molecular formula is C15H16Cl2N2O2. The number of nitrogens with zero attached hydrogens (tertiary/aromatic N) is 1. The third-order valence-electron chi connectivity index (χ3n) is 4.38. The molecule has 2 fully saturated rings. The normalized spacial score (nSPS) is 25.2. The molecule has 0 aliphatic carbocycles. The summed E-state index contributed by atoms with van der Waals surface area (Å²) >= 11 is 11.9. The minimum absolute atomic E-state index is 0.0281. The molecule has 0 aromatic heterocycles. The van der Waals surface area contributed by atoms with Crippen molar-refractivity contribution < 1.29 is 9.59 Å². The monoisotopic (exact) mass is 326 g/mol. The first-order valence-corrected chi connectivity index (χ1v) is 7.85. The molecule has 21 heavy (non-hydrogen) atoms. The molecule has 2 aliphatic rings. The second kappa shape index (κ2) is 5.50. The Labute approximate surface area is 133 Å². The molecule has 1 spiro atoms. The van der Waals surface area contributed by atoms with Gasteiger partial charge < -0.3 is 10.2 Å². The summed E-state index contributed by atoms with van der Waals surface area (Å²) in [4.78, 5) is 26.8. The fourth-order valence-electron chi connectivity index (χ4n) is 3.32. The summed E-state index contributed by atoms with van der Waals surface area (Å²) in [7, 11) is 0. The average molecular weight is 327 g/mol. The maximum atomic E-state index is 12.8. The third kappa shape index (κ3) is 2.40. The molecule has 1 unspecified atom stereocenters. The van der Waals surface area contributed by atoms with E-state index in [2.05, 4.69) is 5.32 Å². The molecule has 2 heterocycles. The number of nitrogens with one attached hydrogen (secondary N) is 1. The van der Waals surface area contributed by atoms with Crippen molar-refractivity contribution in [1.82, 2.24) is 10.2 Å². The van der Waals surface area contributed by atoms with Gasteiger partial charge in [0.05, 0.1) is 10.0 Å². The maximum Gasteiger partial charge on any atom is 0.254 e. The van der Waals surface area contributed by atoms with Gasteiger partial charge in [0, 0.05) is 18.7 Å². The van der Waals surface area contributed by atoms with Gasteiger partial charge in [-0.2, -0.15) is 0 Å². The van der Waals surface area contributed by atoms with Gasteiger partial charge >= 0.3 is 0 Å². The van der Waals surface area contributed by atoms with E-state index in [1.807, 2.05) is 0 Å². The molecule has 2 saturated heterocycles. The minimum Gasteiger partial charge on any atom is -0.354 e. The molecule has 1 N–H and O–H groups in total. The van der Waals surface area contributed by atoms with Crippen LogP contribution in [0.2, 0.25) is 10.0 Å². The van der Waals surface area contributed by atoms with Crippen LogP contribution in [0, 0.1) is 0 Å². The molecule has 2 amide bonds. The Balaban J connectivity index is 1.92. The predicted octanol–water partition coefficient (Wildman–Crippen LogP) is 2.88. The molecular weight excluding hydrogens is 311 g/mol. The zero-order valence-electron chi connectivity index (χ0n) is 11.5. The Morgan fingerprint density at radius 1 is 1.19 bits per heavy atom. The van der Waals surface area contributed by atoms with Crippen molar-refractivity contribution >= 4 is 35.0 Å². The summed E-state index contributed by atoms with van der Waals surface area (Å²) in [5, 5.41) is 3.66. The Hall–Kier alpha value is -1.26. The smallest absolute Gasteiger partial charge is 0.254 e. The molecule has 112 valence electrons. The zero-order valence-corrected chi connectivity index (χ0v) is 13.0. The number of carbonyl (C=O) groups is 2. The van der Waals surface area contributed by atoms with E-state index in [1.165, 1.54) is 0 Å². The van der Waals surface area contributed by atoms with Crippen LogP contribution in [0.4, 0.5) is 0 Å². The summed E-state index contributed by atoms with van der Waals surface area (Å²) in [6.45, 7) is 1.29. The summed E-state index contributed by atoms with van der Waals surface area (Å²) in [5.74, 6) is -0.178. The highest BCUT2D eigenvalue weighted by molar-refractivity contribution is 6.42. The van der Waals surface area contributed by atoms with E-state index >= 15 is 0 Å². The van der Waals surface area contributed by atoms with Crippen LogP contribution in [0.1, 0.15) is 36.0 Å². The van der Waals surface area contributed by atoms with Crippen LogP contribution < -0.4 is 5.32 Å². The summed E-state index contributed by atoms with van der Waals surface area (Å²) < 4.78 is 0. The van der Waals surface area contributed by atoms with E-state index in [-0.39, 0.29) is 11.8 Å². The lowest BCUT2D eigenvalue weighted by atomic mass is 9.86. The number of hydrogen-bond donors (Lipinski definition) is 1. The number of halogens is 2. The summed E-state index contributed by atoms with van der Waals surface area (Å²) in [6, 6.07) is 4.84.